The molecule has 0 heterocycles. The number of allylic oxidation sites excluding steroid dienone is 20. The number of nitrogens with zero attached hydrogens (tertiary/aromatic N) is 1. The number of likely N-dealkylation sites (N-methyl/N-ethyl adjacent to an activating group) is 1. The predicted molar refractivity (Wildman–Crippen MR) is 391 cm³/mol. The smallest absolute Gasteiger partial charge is 0.361 e. The second kappa shape index (κ2) is 71.5. The summed E-state index contributed by atoms with van der Waals surface area (Å²) in [5.41, 5.74) is 0. The van der Waals surface area contributed by atoms with Gasteiger partial charge in [-0.3, -0.25) is 9.59 Å². The van der Waals surface area contributed by atoms with Crippen LogP contribution in [0.2, 0.25) is 0 Å². The summed E-state index contributed by atoms with van der Waals surface area (Å²) in [5.74, 6) is -2.00. The van der Waals surface area contributed by atoms with Gasteiger partial charge in [0.15, 0.2) is 6.10 Å². The van der Waals surface area contributed by atoms with Gasteiger partial charge < -0.3 is 28.5 Å². The van der Waals surface area contributed by atoms with E-state index < -0.39 is 24.3 Å². The second-order valence-corrected chi connectivity index (χ2v) is 26.2. The molecule has 0 aromatic carbocycles. The molecule has 0 aliphatic rings. The molecule has 0 bridgehead atoms. The summed E-state index contributed by atoms with van der Waals surface area (Å²) in [4.78, 5) is 37.7. The summed E-state index contributed by atoms with van der Waals surface area (Å²) in [6, 6.07) is 0. The van der Waals surface area contributed by atoms with Crippen LogP contribution in [0.25, 0.3) is 0 Å². The van der Waals surface area contributed by atoms with Gasteiger partial charge in [-0.25, -0.2) is 4.79 Å². The molecule has 9 nitrogen and oxygen atoms in total. The van der Waals surface area contributed by atoms with Crippen LogP contribution in [0, 0.1) is 0 Å². The van der Waals surface area contributed by atoms with E-state index in [9.17, 15) is 19.5 Å². The molecule has 2 atom stereocenters. The van der Waals surface area contributed by atoms with Crippen LogP contribution in [0.15, 0.2) is 122 Å². The SMILES string of the molecule is CC/C=C\C/C=C\C/C=C\C/C=C\C/C=C\C/C=C\C/C=C\CCCCCCCCCCCCCCCCCCCC(=O)OC(COC(=O)CCCCCCCCCCCCCC/C=C\C/C=C\C/C=C\CCCCCCC)COC(OCC[N+](C)(C)C)C(=O)O. The van der Waals surface area contributed by atoms with Crippen LogP contribution in [0.5, 0.6) is 0 Å². The number of carboxylic acid groups (broad SMARTS) is 1. The number of unbranched alkanes of at least 4 members (excludes halogenated alkanes) is 34. The minimum absolute atomic E-state index is 0.184. The van der Waals surface area contributed by atoms with Crippen LogP contribution in [-0.4, -0.2) is 87.4 Å². The number of carbonyl (C=O) groups is 3. The van der Waals surface area contributed by atoms with E-state index in [1.165, 1.54) is 199 Å². The summed E-state index contributed by atoms with van der Waals surface area (Å²) in [7, 11) is 5.98. The predicted octanol–water partition coefficient (Wildman–Crippen LogP) is 23.9. The number of ether oxygens (including phenoxy) is 4. The molecule has 0 amide bonds. The van der Waals surface area contributed by atoms with Crippen molar-refractivity contribution >= 4 is 17.9 Å². The summed E-state index contributed by atoms with van der Waals surface area (Å²) in [5, 5.41) is 9.76. The van der Waals surface area contributed by atoms with E-state index in [0.29, 0.717) is 17.4 Å². The lowest BCUT2D eigenvalue weighted by molar-refractivity contribution is -0.870. The summed E-state index contributed by atoms with van der Waals surface area (Å²) >= 11 is 0. The van der Waals surface area contributed by atoms with Crippen LogP contribution in [0.4, 0.5) is 0 Å². The van der Waals surface area contributed by atoms with Gasteiger partial charge in [0.1, 0.15) is 13.2 Å². The highest BCUT2D eigenvalue weighted by molar-refractivity contribution is 5.71. The Balaban J connectivity index is 4.07. The molecule has 0 saturated carbocycles. The van der Waals surface area contributed by atoms with Crippen LogP contribution in [0.3, 0.4) is 0 Å². The van der Waals surface area contributed by atoms with E-state index in [0.717, 1.165) is 96.3 Å². The Labute approximate surface area is 561 Å². The summed E-state index contributed by atoms with van der Waals surface area (Å²) in [6.45, 7) is 4.78. The number of rotatable bonds is 69. The monoisotopic (exact) mass is 1270 g/mol. The third-order valence-corrected chi connectivity index (χ3v) is 16.2. The Morgan fingerprint density at radius 3 is 0.934 bits per heavy atom. The first-order chi connectivity index (χ1) is 44.6. The molecule has 522 valence electrons. The Bertz CT molecular complexity index is 1910. The molecule has 0 aliphatic carbocycles. The van der Waals surface area contributed by atoms with Gasteiger partial charge in [0.2, 0.25) is 0 Å². The minimum Gasteiger partial charge on any atom is -0.477 e. The van der Waals surface area contributed by atoms with Gasteiger partial charge in [0, 0.05) is 12.8 Å². The van der Waals surface area contributed by atoms with Crippen molar-refractivity contribution in [3.63, 3.8) is 0 Å². The third kappa shape index (κ3) is 73.0. The summed E-state index contributed by atoms with van der Waals surface area (Å²) in [6.07, 6.45) is 98.9. The Morgan fingerprint density at radius 2 is 0.626 bits per heavy atom. The molecule has 9 heteroatoms. The second-order valence-electron chi connectivity index (χ2n) is 26.2. The van der Waals surface area contributed by atoms with Crippen molar-refractivity contribution < 1.29 is 42.9 Å². The molecule has 0 fully saturated rings. The number of carbonyl (C=O) groups excluding carboxylic acids is 2. The highest BCUT2D eigenvalue weighted by Gasteiger charge is 2.25. The number of hydrogen-bond acceptors (Lipinski definition) is 7. The van der Waals surface area contributed by atoms with Crippen molar-refractivity contribution in [2.75, 3.05) is 47.5 Å². The van der Waals surface area contributed by atoms with Gasteiger partial charge in [-0.1, -0.05) is 322 Å². The summed E-state index contributed by atoms with van der Waals surface area (Å²) < 4.78 is 23.0. The maximum atomic E-state index is 13.0. The zero-order valence-electron chi connectivity index (χ0n) is 59.7. The standard InChI is InChI=1S/C82H141NO8/c1-6-8-10-12-14-16-18-20-22-24-26-28-30-32-34-35-36-37-38-39-40-41-42-43-44-45-47-49-51-53-55-57-59-61-63-65-67-69-71-73-80(85)91-78(77-90-82(81(86)87)88-75-74-83(3,4)5)76-89-79(84)72-70-68-66-64-62-60-58-56-54-52-50-48-46-33-31-29-27-25-23-21-19-17-15-13-11-9-7-2/h8,10,14,16,19-22,25-28,31-34,36-37,39-40,78,82H,6-7,9,11-13,15,17-18,23-24,29-30,35,38,41-77H2,1-5H3/p+1/b10-8-,16-14-,21-19-,22-20-,27-25-,28-26-,33-31-,34-32-,37-36-,40-39-. The Hall–Kier alpha value is -4.31. The maximum Gasteiger partial charge on any atom is 0.361 e. The molecule has 0 aromatic heterocycles. The molecular formula is C82H142NO8+. The van der Waals surface area contributed by atoms with Gasteiger partial charge in [0.25, 0.3) is 6.29 Å². The number of aliphatic carboxylic acids is 1. The highest BCUT2D eigenvalue weighted by Crippen LogP contribution is 2.18. The van der Waals surface area contributed by atoms with Crippen LogP contribution < -0.4 is 0 Å². The lowest BCUT2D eigenvalue weighted by atomic mass is 10.0. The van der Waals surface area contributed by atoms with Crippen molar-refractivity contribution in [2.24, 2.45) is 0 Å². The average Bonchev–Trinajstić information content (AvgIpc) is 3.46. The van der Waals surface area contributed by atoms with Gasteiger partial charge in [0.05, 0.1) is 34.4 Å². The van der Waals surface area contributed by atoms with Gasteiger partial charge >= 0.3 is 17.9 Å². The Kier molecular flexibility index (Phi) is 68.1. The lowest BCUT2D eigenvalue weighted by Gasteiger charge is -2.25. The first-order valence-electron chi connectivity index (χ1n) is 37.7. The fourth-order valence-corrected chi connectivity index (χ4v) is 10.5. The highest BCUT2D eigenvalue weighted by atomic mass is 16.7. The molecule has 0 saturated heterocycles. The molecule has 0 radical (unpaired) electrons. The number of hydrogen-bond donors (Lipinski definition) is 1. The molecular weight excluding hydrogens is 1130 g/mol. The topological polar surface area (TPSA) is 108 Å². The first kappa shape index (κ1) is 86.7. The van der Waals surface area contributed by atoms with E-state index in [1.807, 2.05) is 21.1 Å². The zero-order valence-corrected chi connectivity index (χ0v) is 59.7. The largest absolute Gasteiger partial charge is 0.477 e. The molecule has 2 unspecified atom stereocenters. The lowest BCUT2D eigenvalue weighted by Crippen LogP contribution is -2.40. The molecule has 91 heavy (non-hydrogen) atoms. The third-order valence-electron chi connectivity index (χ3n) is 16.2. The van der Waals surface area contributed by atoms with E-state index in [-0.39, 0.29) is 32.2 Å². The molecule has 1 N–H and O–H groups in total. The van der Waals surface area contributed by atoms with Crippen molar-refractivity contribution in [3.8, 4) is 0 Å². The normalized spacial score (nSPS) is 13.4. The number of quaternary nitrogens is 1. The quantitative estimate of drug-likeness (QED) is 0.0211. The van der Waals surface area contributed by atoms with Crippen LogP contribution in [-0.2, 0) is 33.3 Å². The zero-order chi connectivity index (χ0) is 66.1. The maximum absolute atomic E-state index is 13.0. The van der Waals surface area contributed by atoms with E-state index in [2.05, 4.69) is 135 Å². The fraction of sp³-hybridized carbons (Fsp3) is 0.720. The van der Waals surface area contributed by atoms with Crippen LogP contribution >= 0.6 is 0 Å². The van der Waals surface area contributed by atoms with E-state index in [4.69, 9.17) is 18.9 Å². The van der Waals surface area contributed by atoms with Gasteiger partial charge in [-0.2, -0.15) is 0 Å². The first-order valence-corrected chi connectivity index (χ1v) is 37.7. The van der Waals surface area contributed by atoms with E-state index in [1.54, 1.807) is 0 Å². The van der Waals surface area contributed by atoms with Crippen molar-refractivity contribution in [1.29, 1.82) is 0 Å². The minimum atomic E-state index is -1.52. The molecule has 0 rings (SSSR count). The number of carboxylic acids is 1. The van der Waals surface area contributed by atoms with Crippen molar-refractivity contribution in [1.82, 2.24) is 0 Å². The van der Waals surface area contributed by atoms with Crippen molar-refractivity contribution in [3.05, 3.63) is 122 Å². The van der Waals surface area contributed by atoms with Crippen molar-refractivity contribution in [2.45, 2.75) is 334 Å². The fourth-order valence-electron chi connectivity index (χ4n) is 10.5. The van der Waals surface area contributed by atoms with Crippen LogP contribution in [0.1, 0.15) is 322 Å². The molecule has 0 spiro atoms. The molecule has 0 aromatic rings. The average molecular weight is 1270 g/mol. The van der Waals surface area contributed by atoms with E-state index >= 15 is 0 Å². The number of esters is 2. The Morgan fingerprint density at radius 1 is 0.341 bits per heavy atom. The van der Waals surface area contributed by atoms with Gasteiger partial charge in [-0.05, 0) is 109 Å². The molecule has 0 aliphatic heterocycles. The van der Waals surface area contributed by atoms with Gasteiger partial charge in [-0.15, -0.1) is 0 Å².